The van der Waals surface area contributed by atoms with Gasteiger partial charge in [0.2, 0.25) is 5.82 Å². The summed E-state index contributed by atoms with van der Waals surface area (Å²) in [7, 11) is -1.16. The average molecular weight is 436 g/mol. The van der Waals surface area contributed by atoms with Crippen LogP contribution in [0, 0.1) is 21.7 Å². The van der Waals surface area contributed by atoms with Crippen molar-refractivity contribution in [2.24, 2.45) is 0 Å². The molecule has 1 aromatic heterocycles. The highest BCUT2D eigenvalue weighted by atomic mass is 28.3. The predicted octanol–water partition coefficient (Wildman–Crippen LogP) is 5.11. The van der Waals surface area contributed by atoms with Gasteiger partial charge in [-0.3, -0.25) is 10.1 Å². The molecule has 10 heteroatoms. The molecule has 30 heavy (non-hydrogen) atoms. The monoisotopic (exact) mass is 435 g/mol. The van der Waals surface area contributed by atoms with Crippen LogP contribution in [0.4, 0.5) is 14.5 Å². The number of halogens is 2. The molecule has 0 amide bonds. The molecule has 0 aliphatic rings. The van der Waals surface area contributed by atoms with E-state index < -0.39 is 42.5 Å². The third kappa shape index (κ3) is 5.19. The second kappa shape index (κ2) is 8.88. The van der Waals surface area contributed by atoms with Crippen LogP contribution < -0.4 is 4.74 Å². The Morgan fingerprint density at radius 3 is 2.67 bits per heavy atom. The fourth-order valence-corrected chi connectivity index (χ4v) is 3.56. The molecule has 3 aromatic rings. The summed E-state index contributed by atoms with van der Waals surface area (Å²) in [4.78, 5) is 9.94. The van der Waals surface area contributed by atoms with Crippen molar-refractivity contribution in [2.75, 3.05) is 6.61 Å². The van der Waals surface area contributed by atoms with Gasteiger partial charge >= 0.3 is 5.69 Å². The number of nitro benzene ring substituents is 1. The largest absolute Gasteiger partial charge is 0.489 e. The van der Waals surface area contributed by atoms with Gasteiger partial charge in [0, 0.05) is 26.1 Å². The summed E-state index contributed by atoms with van der Waals surface area (Å²) in [6, 6.07) is 7.83. The number of rotatable bonds is 9. The zero-order valence-electron chi connectivity index (χ0n) is 17.0. The van der Waals surface area contributed by atoms with E-state index in [9.17, 15) is 18.9 Å². The Kier molecular flexibility index (Phi) is 6.47. The van der Waals surface area contributed by atoms with Gasteiger partial charge in [0.05, 0.1) is 22.2 Å². The van der Waals surface area contributed by atoms with Gasteiger partial charge in [0.15, 0.2) is 0 Å². The minimum Gasteiger partial charge on any atom is -0.489 e. The molecule has 160 valence electrons. The van der Waals surface area contributed by atoms with Crippen molar-refractivity contribution < 1.29 is 23.2 Å². The van der Waals surface area contributed by atoms with E-state index in [0.717, 1.165) is 29.1 Å². The molecule has 0 fully saturated rings. The number of nitrogens with zero attached hydrogens (tertiary/aromatic N) is 3. The second-order valence-corrected chi connectivity index (χ2v) is 13.7. The summed E-state index contributed by atoms with van der Waals surface area (Å²) in [5, 5.41) is 15.9. The number of nitro groups is 1. The molecule has 7 nitrogen and oxygen atoms in total. The number of aromatic nitrogens is 2. The Labute approximate surface area is 173 Å². The average Bonchev–Trinajstić information content (AvgIpc) is 3.06. The van der Waals surface area contributed by atoms with Gasteiger partial charge in [-0.1, -0.05) is 19.6 Å². The lowest BCUT2D eigenvalue weighted by Crippen LogP contribution is -2.22. The summed E-state index contributed by atoms with van der Waals surface area (Å²) in [5.74, 6) is -1.76. The molecular formula is C20H23F2N3O4Si. The van der Waals surface area contributed by atoms with Crippen molar-refractivity contribution in [1.29, 1.82) is 0 Å². The maximum atomic E-state index is 14.2. The van der Waals surface area contributed by atoms with Gasteiger partial charge < -0.3 is 9.47 Å². The highest BCUT2D eigenvalue weighted by Gasteiger charge is 2.21. The zero-order chi connectivity index (χ0) is 21.9. The van der Waals surface area contributed by atoms with Gasteiger partial charge in [0.25, 0.3) is 0 Å². The van der Waals surface area contributed by atoms with E-state index in [1.165, 1.54) is 0 Å². The van der Waals surface area contributed by atoms with E-state index in [2.05, 4.69) is 24.7 Å². The number of benzene rings is 2. The predicted molar refractivity (Wildman–Crippen MR) is 111 cm³/mol. The van der Waals surface area contributed by atoms with Crippen molar-refractivity contribution in [3.05, 3.63) is 63.8 Å². The van der Waals surface area contributed by atoms with E-state index in [1.807, 2.05) is 0 Å². The Morgan fingerprint density at radius 1 is 1.20 bits per heavy atom. The summed E-state index contributed by atoms with van der Waals surface area (Å²) < 4.78 is 41.0. The first-order valence-electron chi connectivity index (χ1n) is 9.43. The van der Waals surface area contributed by atoms with E-state index >= 15 is 0 Å². The van der Waals surface area contributed by atoms with Crippen LogP contribution in [0.15, 0.2) is 36.5 Å². The molecule has 3 rings (SSSR count). The van der Waals surface area contributed by atoms with E-state index in [-0.39, 0.29) is 0 Å². The molecule has 1 heterocycles. The fourth-order valence-electron chi connectivity index (χ4n) is 2.80. The summed E-state index contributed by atoms with van der Waals surface area (Å²) in [6.45, 7) is 7.39. The quantitative estimate of drug-likeness (QED) is 0.202. The summed E-state index contributed by atoms with van der Waals surface area (Å²) in [6.07, 6.45) is 1.65. The Balaban J connectivity index is 1.68. The molecule has 0 saturated heterocycles. The van der Waals surface area contributed by atoms with Gasteiger partial charge in [-0.05, 0) is 30.3 Å². The van der Waals surface area contributed by atoms with Crippen LogP contribution in [0.2, 0.25) is 25.7 Å². The molecule has 0 atom stereocenters. The second-order valence-electron chi connectivity index (χ2n) is 8.12. The van der Waals surface area contributed by atoms with Crippen LogP contribution in [0.3, 0.4) is 0 Å². The van der Waals surface area contributed by atoms with Crippen molar-refractivity contribution in [3.8, 4) is 5.75 Å². The standard InChI is InChI=1S/C20H23F2N3O4Si/c1-30(2,3)9-8-28-13-24-18-6-4-15(10-14(18)11-23-24)29-12-16-17(21)5-7-19(20(16)22)25(26)27/h4-7,10-11H,8-9,12-13H2,1-3H3. The van der Waals surface area contributed by atoms with Crippen LogP contribution >= 0.6 is 0 Å². The van der Waals surface area contributed by atoms with Crippen molar-refractivity contribution >= 4 is 24.7 Å². The topological polar surface area (TPSA) is 79.4 Å². The number of fused-ring (bicyclic) bond motifs is 1. The number of ether oxygens (including phenoxy) is 2. The van der Waals surface area contributed by atoms with Gasteiger partial charge in [-0.2, -0.15) is 9.49 Å². The van der Waals surface area contributed by atoms with Crippen molar-refractivity contribution in [3.63, 3.8) is 0 Å². The maximum Gasteiger partial charge on any atom is 0.305 e. The minimum absolute atomic E-state index is 0.332. The lowest BCUT2D eigenvalue weighted by atomic mass is 10.2. The molecular weight excluding hydrogens is 412 g/mol. The molecule has 0 N–H and O–H groups in total. The Bertz CT molecular complexity index is 1070. The van der Waals surface area contributed by atoms with Gasteiger partial charge in [-0.15, -0.1) is 0 Å². The van der Waals surface area contributed by atoms with Gasteiger partial charge in [0.1, 0.15) is 24.9 Å². The minimum atomic E-state index is -1.23. The van der Waals surface area contributed by atoms with Crippen molar-refractivity contribution in [2.45, 2.75) is 39.0 Å². The molecule has 0 aliphatic heterocycles. The molecule has 0 bridgehead atoms. The molecule has 0 spiro atoms. The third-order valence-electron chi connectivity index (χ3n) is 4.57. The van der Waals surface area contributed by atoms with Crippen molar-refractivity contribution in [1.82, 2.24) is 9.78 Å². The summed E-state index contributed by atoms with van der Waals surface area (Å²) >= 11 is 0. The first-order valence-corrected chi connectivity index (χ1v) is 13.1. The number of hydrogen-bond donors (Lipinski definition) is 0. The molecule has 0 saturated carbocycles. The third-order valence-corrected chi connectivity index (χ3v) is 6.27. The fraction of sp³-hybridized carbons (Fsp3) is 0.350. The van der Waals surface area contributed by atoms with Crippen LogP contribution in [0.25, 0.3) is 10.9 Å². The van der Waals surface area contributed by atoms with E-state index in [4.69, 9.17) is 9.47 Å². The SMILES string of the molecule is C[Si](C)(C)CCOCn1ncc2cc(OCc3c(F)ccc([N+](=O)[O-])c3F)ccc21. The lowest BCUT2D eigenvalue weighted by molar-refractivity contribution is -0.387. The van der Waals surface area contributed by atoms with Crippen LogP contribution in [0.5, 0.6) is 5.75 Å². The first-order chi connectivity index (χ1) is 14.2. The lowest BCUT2D eigenvalue weighted by Gasteiger charge is -2.15. The van der Waals surface area contributed by atoms with E-state index in [1.54, 1.807) is 29.1 Å². The Hall–Kier alpha value is -2.85. The van der Waals surface area contributed by atoms with Gasteiger partial charge in [-0.25, -0.2) is 9.07 Å². The molecule has 0 radical (unpaired) electrons. The zero-order valence-corrected chi connectivity index (χ0v) is 18.0. The Morgan fingerprint density at radius 2 is 1.97 bits per heavy atom. The molecule has 2 aromatic carbocycles. The van der Waals surface area contributed by atoms with Crippen LogP contribution in [-0.4, -0.2) is 29.4 Å². The molecule has 0 unspecified atom stereocenters. The smallest absolute Gasteiger partial charge is 0.305 e. The first kappa shape index (κ1) is 21.8. The molecule has 0 aliphatic carbocycles. The maximum absolute atomic E-state index is 14.2. The summed E-state index contributed by atoms with van der Waals surface area (Å²) in [5.41, 5.74) is -0.445. The highest BCUT2D eigenvalue weighted by molar-refractivity contribution is 6.76. The van der Waals surface area contributed by atoms with E-state index in [0.29, 0.717) is 19.1 Å². The van der Waals surface area contributed by atoms with Crippen LogP contribution in [0.1, 0.15) is 5.56 Å². The van der Waals surface area contributed by atoms with Crippen LogP contribution in [-0.2, 0) is 18.1 Å². The number of hydrogen-bond acceptors (Lipinski definition) is 5. The normalized spacial score (nSPS) is 11.8. The highest BCUT2D eigenvalue weighted by Crippen LogP contribution is 2.26.